The van der Waals surface area contributed by atoms with E-state index in [0.717, 1.165) is 18.1 Å². The van der Waals surface area contributed by atoms with Crippen LogP contribution >= 0.6 is 0 Å². The topological polar surface area (TPSA) is 19.9 Å². The minimum Gasteiger partial charge on any atom is -0.297 e. The van der Waals surface area contributed by atoms with Crippen molar-refractivity contribution in [3.05, 3.63) is 0 Å². The maximum absolute atomic E-state index is 12.9. The van der Waals surface area contributed by atoms with Gasteiger partial charge < -0.3 is 0 Å². The van der Waals surface area contributed by atoms with Crippen molar-refractivity contribution in [2.75, 3.05) is 0 Å². The van der Waals surface area contributed by atoms with Gasteiger partial charge in [0.15, 0.2) is 0 Å². The SMILES string of the molecule is CCCCC[Si]([O])(CCCCC)CCCCC. The maximum Gasteiger partial charge on any atom is 0.237 e. The molecule has 0 spiro atoms. The molecule has 1 nitrogen and oxygen atoms in total. The van der Waals surface area contributed by atoms with Crippen LogP contribution in [-0.2, 0) is 4.80 Å². The first kappa shape index (κ1) is 17.2. The average molecular weight is 258 g/mol. The monoisotopic (exact) mass is 257 g/mol. The van der Waals surface area contributed by atoms with Crippen molar-refractivity contribution in [1.29, 1.82) is 0 Å². The zero-order chi connectivity index (χ0) is 13.0. The molecule has 0 aliphatic heterocycles. The highest BCUT2D eigenvalue weighted by Crippen LogP contribution is 2.27. The normalized spacial score (nSPS) is 12.0. The van der Waals surface area contributed by atoms with Crippen molar-refractivity contribution < 1.29 is 4.80 Å². The molecule has 0 heterocycles. The first-order chi connectivity index (χ1) is 8.18. The molecule has 0 bridgehead atoms. The number of unbranched alkanes of at least 4 members (excludes halogenated alkanes) is 6. The van der Waals surface area contributed by atoms with Gasteiger partial charge in [-0.1, -0.05) is 78.6 Å². The maximum atomic E-state index is 12.9. The quantitative estimate of drug-likeness (QED) is 0.305. The van der Waals surface area contributed by atoms with E-state index in [-0.39, 0.29) is 0 Å². The van der Waals surface area contributed by atoms with Crippen molar-refractivity contribution in [3.8, 4) is 0 Å². The first-order valence-electron chi connectivity index (χ1n) is 7.89. The average Bonchev–Trinajstić information content (AvgIpc) is 2.30. The molecule has 0 fully saturated rings. The summed E-state index contributed by atoms with van der Waals surface area (Å²) < 4.78 is 0. The van der Waals surface area contributed by atoms with Crippen molar-refractivity contribution in [2.45, 2.75) is 96.7 Å². The van der Waals surface area contributed by atoms with E-state index in [1.54, 1.807) is 0 Å². The third-order valence-electron chi connectivity index (χ3n) is 3.71. The van der Waals surface area contributed by atoms with Crippen molar-refractivity contribution in [1.82, 2.24) is 0 Å². The third-order valence-corrected chi connectivity index (χ3v) is 7.50. The van der Waals surface area contributed by atoms with E-state index in [9.17, 15) is 4.80 Å². The Morgan fingerprint density at radius 2 is 0.882 bits per heavy atom. The lowest BCUT2D eigenvalue weighted by Crippen LogP contribution is -2.32. The molecule has 103 valence electrons. The predicted octanol–water partition coefficient (Wildman–Crippen LogP) is 5.93. The molecule has 0 saturated carbocycles. The standard InChI is InChI=1S/C15H33OSi/c1-4-7-10-13-17(16,14-11-8-5-2)15-12-9-6-3/h4-15H2,1-3H3. The fraction of sp³-hybridized carbons (Fsp3) is 1.00. The van der Waals surface area contributed by atoms with Gasteiger partial charge in [-0.15, -0.1) is 0 Å². The second-order valence-corrected chi connectivity index (χ2v) is 9.42. The van der Waals surface area contributed by atoms with Crippen LogP contribution in [-0.4, -0.2) is 8.32 Å². The van der Waals surface area contributed by atoms with Crippen LogP contribution in [0.25, 0.3) is 0 Å². The Labute approximate surface area is 110 Å². The highest BCUT2D eigenvalue weighted by molar-refractivity contribution is 6.72. The van der Waals surface area contributed by atoms with Gasteiger partial charge >= 0.3 is 0 Å². The minimum absolute atomic E-state index is 1.05. The molecule has 17 heavy (non-hydrogen) atoms. The van der Waals surface area contributed by atoms with Gasteiger partial charge in [-0.25, -0.2) is 0 Å². The van der Waals surface area contributed by atoms with Gasteiger partial charge in [0.05, 0.1) is 0 Å². The number of hydrogen-bond donors (Lipinski definition) is 0. The van der Waals surface area contributed by atoms with Crippen molar-refractivity contribution >= 4 is 8.32 Å². The summed E-state index contributed by atoms with van der Waals surface area (Å²) >= 11 is 0. The summed E-state index contributed by atoms with van der Waals surface area (Å²) in [7, 11) is -2.11. The fourth-order valence-electron chi connectivity index (χ4n) is 2.47. The van der Waals surface area contributed by atoms with Crippen molar-refractivity contribution in [2.24, 2.45) is 0 Å². The van der Waals surface area contributed by atoms with Gasteiger partial charge in [-0.2, -0.15) is 0 Å². The molecule has 0 aliphatic rings. The Morgan fingerprint density at radius 1 is 0.588 bits per heavy atom. The molecule has 0 aromatic heterocycles. The Bertz CT molecular complexity index is 132. The summed E-state index contributed by atoms with van der Waals surface area (Å²) in [5, 5.41) is 0. The van der Waals surface area contributed by atoms with E-state index >= 15 is 0 Å². The Balaban J connectivity index is 3.95. The van der Waals surface area contributed by atoms with Gasteiger partial charge in [0.1, 0.15) is 0 Å². The predicted molar refractivity (Wildman–Crippen MR) is 79.4 cm³/mol. The van der Waals surface area contributed by atoms with E-state index in [0.29, 0.717) is 0 Å². The van der Waals surface area contributed by atoms with Crippen LogP contribution < -0.4 is 0 Å². The van der Waals surface area contributed by atoms with Gasteiger partial charge in [0.2, 0.25) is 8.32 Å². The minimum atomic E-state index is -2.11. The lowest BCUT2D eigenvalue weighted by atomic mass is 10.3. The highest BCUT2D eigenvalue weighted by Gasteiger charge is 2.31. The van der Waals surface area contributed by atoms with Crippen LogP contribution in [0.4, 0.5) is 0 Å². The Kier molecular flexibility index (Phi) is 11.4. The smallest absolute Gasteiger partial charge is 0.237 e. The summed E-state index contributed by atoms with van der Waals surface area (Å²) in [4.78, 5) is 12.9. The lowest BCUT2D eigenvalue weighted by molar-refractivity contribution is 0.400. The molecule has 0 aromatic rings. The largest absolute Gasteiger partial charge is 0.297 e. The van der Waals surface area contributed by atoms with Crippen LogP contribution in [0, 0.1) is 0 Å². The number of hydrogen-bond acceptors (Lipinski definition) is 0. The number of rotatable bonds is 12. The van der Waals surface area contributed by atoms with Crippen LogP contribution in [0.1, 0.15) is 78.6 Å². The van der Waals surface area contributed by atoms with E-state index in [1.807, 2.05) is 0 Å². The molecule has 0 unspecified atom stereocenters. The van der Waals surface area contributed by atoms with Gasteiger partial charge in [-0.3, -0.25) is 4.80 Å². The summed E-state index contributed by atoms with van der Waals surface area (Å²) in [5.74, 6) is 0. The lowest BCUT2D eigenvalue weighted by Gasteiger charge is -2.22. The molecular weight excluding hydrogens is 224 g/mol. The molecule has 0 N–H and O–H groups in total. The van der Waals surface area contributed by atoms with E-state index < -0.39 is 8.32 Å². The Morgan fingerprint density at radius 3 is 1.12 bits per heavy atom. The van der Waals surface area contributed by atoms with Gasteiger partial charge in [0.25, 0.3) is 0 Å². The summed E-state index contributed by atoms with van der Waals surface area (Å²) in [6.45, 7) is 6.67. The van der Waals surface area contributed by atoms with E-state index in [4.69, 9.17) is 0 Å². The second-order valence-electron chi connectivity index (χ2n) is 5.55. The highest BCUT2D eigenvalue weighted by atomic mass is 28.4. The molecule has 0 rings (SSSR count). The van der Waals surface area contributed by atoms with Crippen LogP contribution in [0.3, 0.4) is 0 Å². The summed E-state index contributed by atoms with van der Waals surface area (Å²) in [5.41, 5.74) is 0. The molecule has 0 saturated heterocycles. The molecule has 0 aromatic carbocycles. The molecular formula is C15H33OSi. The van der Waals surface area contributed by atoms with Gasteiger partial charge in [-0.05, 0) is 18.1 Å². The van der Waals surface area contributed by atoms with Crippen LogP contribution in [0.5, 0.6) is 0 Å². The zero-order valence-electron chi connectivity index (χ0n) is 12.4. The molecule has 2 heteroatoms. The van der Waals surface area contributed by atoms with Crippen LogP contribution in [0.2, 0.25) is 18.1 Å². The Hall–Kier alpha value is 0.177. The third kappa shape index (κ3) is 9.84. The second kappa shape index (κ2) is 11.3. The molecule has 0 atom stereocenters. The van der Waals surface area contributed by atoms with E-state index in [1.165, 1.54) is 57.8 Å². The summed E-state index contributed by atoms with van der Waals surface area (Å²) in [6, 6.07) is 3.15. The molecule has 0 aliphatic carbocycles. The molecule has 0 amide bonds. The van der Waals surface area contributed by atoms with Gasteiger partial charge in [0, 0.05) is 0 Å². The molecule has 1 radical (unpaired) electrons. The van der Waals surface area contributed by atoms with Crippen molar-refractivity contribution in [3.63, 3.8) is 0 Å². The zero-order valence-corrected chi connectivity index (χ0v) is 13.4. The van der Waals surface area contributed by atoms with E-state index in [2.05, 4.69) is 20.8 Å². The van der Waals surface area contributed by atoms with Crippen LogP contribution in [0.15, 0.2) is 0 Å². The summed E-state index contributed by atoms with van der Waals surface area (Å²) in [6.07, 6.45) is 11.1. The fourth-order valence-corrected chi connectivity index (χ4v) is 5.90. The first-order valence-corrected chi connectivity index (χ1v) is 10.4.